The Balaban J connectivity index is 2.74. The molecule has 1 unspecified atom stereocenters. The maximum absolute atomic E-state index is 13.5. The molecule has 3 nitrogen and oxygen atoms in total. The number of hydrogen-bond donors (Lipinski definition) is 1. The van der Waals surface area contributed by atoms with Gasteiger partial charge in [-0.3, -0.25) is 0 Å². The minimum atomic E-state index is -3.50. The normalized spacial score (nSPS) is 24.3. The van der Waals surface area contributed by atoms with Gasteiger partial charge >= 0.3 is 0 Å². The number of halogens is 1. The Labute approximate surface area is 88.0 Å². The van der Waals surface area contributed by atoms with Crippen molar-refractivity contribution in [2.45, 2.75) is 23.8 Å². The molecule has 1 aromatic carbocycles. The maximum atomic E-state index is 13.5. The molecule has 0 fully saturated rings. The van der Waals surface area contributed by atoms with Crippen LogP contribution < -0.4 is 5.73 Å². The molecule has 0 amide bonds. The van der Waals surface area contributed by atoms with Crippen LogP contribution in [0, 0.1) is 5.82 Å². The van der Waals surface area contributed by atoms with Crippen LogP contribution in [0.3, 0.4) is 0 Å². The van der Waals surface area contributed by atoms with E-state index < -0.39 is 15.7 Å². The van der Waals surface area contributed by atoms with Gasteiger partial charge in [-0.1, -0.05) is 12.1 Å². The lowest BCUT2D eigenvalue weighted by Gasteiger charge is -2.11. The third-order valence-electron chi connectivity index (χ3n) is 2.64. The van der Waals surface area contributed by atoms with Gasteiger partial charge in [-0.25, -0.2) is 12.8 Å². The molecule has 2 N–H and O–H groups in total. The van der Waals surface area contributed by atoms with Crippen LogP contribution in [0.4, 0.5) is 4.39 Å². The number of benzene rings is 1. The Morgan fingerprint density at radius 1 is 1.40 bits per heavy atom. The second-order valence-electron chi connectivity index (χ2n) is 3.73. The average molecular weight is 229 g/mol. The van der Waals surface area contributed by atoms with E-state index in [4.69, 9.17) is 5.73 Å². The first-order valence-electron chi connectivity index (χ1n) is 4.79. The summed E-state index contributed by atoms with van der Waals surface area (Å²) in [4.78, 5) is -0.199. The maximum Gasteiger partial charge on any atom is 0.181 e. The van der Waals surface area contributed by atoms with Gasteiger partial charge in [0, 0.05) is 6.04 Å². The topological polar surface area (TPSA) is 60.2 Å². The van der Waals surface area contributed by atoms with Crippen LogP contribution >= 0.6 is 0 Å². The van der Waals surface area contributed by atoms with Crippen molar-refractivity contribution in [1.29, 1.82) is 0 Å². The summed E-state index contributed by atoms with van der Waals surface area (Å²) >= 11 is 0. The first kappa shape index (κ1) is 10.6. The molecule has 0 aromatic heterocycles. The van der Waals surface area contributed by atoms with Crippen molar-refractivity contribution in [3.05, 3.63) is 29.6 Å². The average Bonchev–Trinajstić information content (AvgIpc) is 2.26. The van der Waals surface area contributed by atoms with Crippen molar-refractivity contribution in [2.75, 3.05) is 5.75 Å². The van der Waals surface area contributed by atoms with Gasteiger partial charge in [-0.15, -0.1) is 0 Å². The quantitative estimate of drug-likeness (QED) is 0.731. The number of rotatable bonds is 0. The molecular formula is C10H12FNO2S. The minimum absolute atomic E-state index is 0.0192. The van der Waals surface area contributed by atoms with Crippen LogP contribution in [0.15, 0.2) is 23.1 Å². The molecule has 0 radical (unpaired) electrons. The van der Waals surface area contributed by atoms with E-state index in [0.717, 1.165) is 6.07 Å². The summed E-state index contributed by atoms with van der Waals surface area (Å²) in [6.45, 7) is 0. The molecule has 15 heavy (non-hydrogen) atoms. The van der Waals surface area contributed by atoms with Crippen molar-refractivity contribution >= 4 is 9.84 Å². The van der Waals surface area contributed by atoms with Crippen LogP contribution in [0.5, 0.6) is 0 Å². The minimum Gasteiger partial charge on any atom is -0.324 e. The first-order chi connectivity index (χ1) is 7.02. The molecule has 1 aliphatic rings. The van der Waals surface area contributed by atoms with Gasteiger partial charge in [-0.2, -0.15) is 0 Å². The summed E-state index contributed by atoms with van der Waals surface area (Å²) in [5, 5.41) is 0. The number of hydrogen-bond acceptors (Lipinski definition) is 3. The third-order valence-corrected chi connectivity index (χ3v) is 4.51. The third kappa shape index (κ3) is 1.77. The number of fused-ring (bicyclic) bond motifs is 1. The predicted octanol–water partition coefficient (Wildman–Crippen LogP) is 1.39. The van der Waals surface area contributed by atoms with Gasteiger partial charge in [0.1, 0.15) is 10.7 Å². The fourth-order valence-electron chi connectivity index (χ4n) is 1.90. The summed E-state index contributed by atoms with van der Waals surface area (Å²) in [6, 6.07) is 3.86. The standard InChI is InChI=1S/C10H12FNO2S/c11-8-4-1-3-7-9(12)5-2-6-15(13,14)10(7)8/h1,3-4,9H,2,5-6,12H2. The smallest absolute Gasteiger partial charge is 0.181 e. The van der Waals surface area contributed by atoms with Crippen molar-refractivity contribution in [2.24, 2.45) is 5.73 Å². The van der Waals surface area contributed by atoms with E-state index in [9.17, 15) is 12.8 Å². The lowest BCUT2D eigenvalue weighted by Crippen LogP contribution is -2.13. The van der Waals surface area contributed by atoms with E-state index in [1.165, 1.54) is 6.07 Å². The van der Waals surface area contributed by atoms with Gasteiger partial charge < -0.3 is 5.73 Å². The fourth-order valence-corrected chi connectivity index (χ4v) is 3.59. The van der Waals surface area contributed by atoms with Crippen LogP contribution in [0.2, 0.25) is 0 Å². The Hall–Kier alpha value is -0.940. The van der Waals surface area contributed by atoms with E-state index in [0.29, 0.717) is 18.4 Å². The zero-order valence-electron chi connectivity index (χ0n) is 8.11. The van der Waals surface area contributed by atoms with Crippen molar-refractivity contribution in [1.82, 2.24) is 0 Å². The van der Waals surface area contributed by atoms with Gasteiger partial charge in [0.05, 0.1) is 5.75 Å². The fraction of sp³-hybridized carbons (Fsp3) is 0.400. The summed E-state index contributed by atoms with van der Waals surface area (Å²) in [5.74, 6) is -0.709. The van der Waals surface area contributed by atoms with Gasteiger partial charge in [0.2, 0.25) is 0 Å². The summed E-state index contributed by atoms with van der Waals surface area (Å²) in [5.41, 5.74) is 6.21. The van der Waals surface area contributed by atoms with Crippen LogP contribution in [0.1, 0.15) is 24.4 Å². The lowest BCUT2D eigenvalue weighted by molar-refractivity contribution is 0.561. The molecule has 1 heterocycles. The van der Waals surface area contributed by atoms with Crippen LogP contribution in [-0.2, 0) is 9.84 Å². The summed E-state index contributed by atoms with van der Waals surface area (Å²) in [7, 11) is -3.50. The predicted molar refractivity (Wildman–Crippen MR) is 54.6 cm³/mol. The second-order valence-corrected chi connectivity index (χ2v) is 5.77. The Bertz CT molecular complexity index is 484. The lowest BCUT2D eigenvalue weighted by atomic mass is 10.0. The Kier molecular flexibility index (Phi) is 2.52. The zero-order valence-corrected chi connectivity index (χ0v) is 8.93. The molecule has 0 spiro atoms. The van der Waals surface area contributed by atoms with E-state index in [-0.39, 0.29) is 16.7 Å². The molecule has 5 heteroatoms. The monoisotopic (exact) mass is 229 g/mol. The largest absolute Gasteiger partial charge is 0.324 e. The molecule has 1 aliphatic heterocycles. The summed E-state index contributed by atoms with van der Waals surface area (Å²) in [6.07, 6.45) is 1.06. The Morgan fingerprint density at radius 3 is 2.87 bits per heavy atom. The van der Waals surface area contributed by atoms with Gasteiger partial charge in [0.25, 0.3) is 0 Å². The van der Waals surface area contributed by atoms with Gasteiger partial charge in [0.15, 0.2) is 9.84 Å². The molecule has 0 bridgehead atoms. The Morgan fingerprint density at radius 2 is 2.13 bits per heavy atom. The molecule has 1 atom stereocenters. The van der Waals surface area contributed by atoms with E-state index in [1.54, 1.807) is 6.07 Å². The molecule has 1 aromatic rings. The van der Waals surface area contributed by atoms with Crippen molar-refractivity contribution < 1.29 is 12.8 Å². The highest BCUT2D eigenvalue weighted by molar-refractivity contribution is 7.91. The zero-order chi connectivity index (χ0) is 11.1. The summed E-state index contributed by atoms with van der Waals surface area (Å²) < 4.78 is 37.0. The molecular weight excluding hydrogens is 217 g/mol. The molecule has 0 saturated carbocycles. The highest BCUT2D eigenvalue weighted by Gasteiger charge is 2.28. The molecule has 82 valence electrons. The molecule has 0 saturated heterocycles. The first-order valence-corrected chi connectivity index (χ1v) is 6.44. The van der Waals surface area contributed by atoms with Crippen molar-refractivity contribution in [3.8, 4) is 0 Å². The SMILES string of the molecule is NC1CCCS(=O)(=O)c2c(F)cccc21. The highest BCUT2D eigenvalue weighted by atomic mass is 32.2. The van der Waals surface area contributed by atoms with Crippen LogP contribution in [0.25, 0.3) is 0 Å². The molecule has 0 aliphatic carbocycles. The van der Waals surface area contributed by atoms with E-state index in [1.807, 2.05) is 0 Å². The highest BCUT2D eigenvalue weighted by Crippen LogP contribution is 2.31. The van der Waals surface area contributed by atoms with Crippen LogP contribution in [-0.4, -0.2) is 14.2 Å². The second kappa shape index (κ2) is 3.57. The van der Waals surface area contributed by atoms with Gasteiger partial charge in [-0.05, 0) is 24.5 Å². The number of nitrogens with two attached hydrogens (primary N) is 1. The van der Waals surface area contributed by atoms with E-state index in [2.05, 4.69) is 0 Å². The number of sulfone groups is 1. The molecule has 2 rings (SSSR count). The van der Waals surface area contributed by atoms with Crippen molar-refractivity contribution in [3.63, 3.8) is 0 Å². The van der Waals surface area contributed by atoms with E-state index >= 15 is 0 Å².